The minimum Gasteiger partial charge on any atom is -0.497 e. The lowest BCUT2D eigenvalue weighted by Crippen LogP contribution is -2.45. The van der Waals surface area contributed by atoms with E-state index in [4.69, 9.17) is 15.2 Å². The molecule has 0 aliphatic carbocycles. The van der Waals surface area contributed by atoms with E-state index >= 15 is 0 Å². The average Bonchev–Trinajstić information content (AvgIpc) is 3.29. The Kier molecular flexibility index (Phi) is 8.68. The van der Waals surface area contributed by atoms with Crippen LogP contribution < -0.4 is 25.8 Å². The SMILES string of the molecule is C.COc1cccc([C@@H](Oc2ccc3c(cnn3-c3ccc(F)cc3)c2)[C@H](C)NC(=O)CNC(N)=O)c1. The van der Waals surface area contributed by atoms with Crippen molar-refractivity contribution in [3.05, 3.63) is 84.3 Å². The van der Waals surface area contributed by atoms with Gasteiger partial charge < -0.3 is 25.8 Å². The number of carbonyl (C=O) groups is 2. The molecule has 0 radical (unpaired) electrons. The van der Waals surface area contributed by atoms with Crippen LogP contribution in [0.2, 0.25) is 0 Å². The summed E-state index contributed by atoms with van der Waals surface area (Å²) in [5.41, 5.74) is 7.40. The summed E-state index contributed by atoms with van der Waals surface area (Å²) in [5.74, 6) is 0.478. The molecule has 1 heterocycles. The minimum atomic E-state index is -0.784. The molecule has 0 aliphatic heterocycles. The monoisotopic (exact) mass is 507 g/mol. The lowest BCUT2D eigenvalue weighted by molar-refractivity contribution is -0.121. The highest BCUT2D eigenvalue weighted by Crippen LogP contribution is 2.30. The van der Waals surface area contributed by atoms with E-state index in [2.05, 4.69) is 15.7 Å². The zero-order valence-electron chi connectivity index (χ0n) is 19.8. The van der Waals surface area contributed by atoms with E-state index in [9.17, 15) is 14.0 Å². The standard InChI is InChI=1S/C26H26FN5O4.CH4/c1-16(31-24(33)15-29-26(28)34)25(17-4-3-5-21(12-17)35-2)36-22-10-11-23-18(13-22)14-30-32(23)20-8-6-19(27)7-9-20;/h3-14,16,25H,15H2,1-2H3,(H,31,33)(H3,28,29,34);1H4/t16-,25-;/m0./s1. The third kappa shape index (κ3) is 6.54. The number of nitrogens with two attached hydrogens (primary N) is 1. The lowest BCUT2D eigenvalue weighted by atomic mass is 10.0. The van der Waals surface area contributed by atoms with Crippen molar-refractivity contribution in [1.29, 1.82) is 0 Å². The number of hydrogen-bond donors (Lipinski definition) is 3. The summed E-state index contributed by atoms with van der Waals surface area (Å²) >= 11 is 0. The molecule has 4 N–H and O–H groups in total. The molecule has 1 aromatic heterocycles. The molecule has 0 unspecified atom stereocenters. The summed E-state index contributed by atoms with van der Waals surface area (Å²) in [5, 5.41) is 10.4. The number of aromatic nitrogens is 2. The molecular formula is C27H30FN5O4. The second-order valence-corrected chi connectivity index (χ2v) is 8.14. The van der Waals surface area contributed by atoms with Crippen LogP contribution in [-0.2, 0) is 4.79 Å². The molecular weight excluding hydrogens is 477 g/mol. The number of ether oxygens (including phenoxy) is 2. The van der Waals surface area contributed by atoms with Crippen molar-refractivity contribution in [3.8, 4) is 17.2 Å². The van der Waals surface area contributed by atoms with Crippen LogP contribution in [-0.4, -0.2) is 41.4 Å². The van der Waals surface area contributed by atoms with E-state index in [0.29, 0.717) is 11.5 Å². The fraction of sp³-hybridized carbons (Fsp3) is 0.222. The first-order valence-electron chi connectivity index (χ1n) is 11.2. The summed E-state index contributed by atoms with van der Waals surface area (Å²) < 4.78 is 26.7. The van der Waals surface area contributed by atoms with Crippen molar-refractivity contribution in [2.24, 2.45) is 5.73 Å². The van der Waals surface area contributed by atoms with Crippen molar-refractivity contribution in [1.82, 2.24) is 20.4 Å². The highest BCUT2D eigenvalue weighted by molar-refractivity contribution is 5.83. The Labute approximate surface area is 214 Å². The number of amides is 3. The Hall–Kier alpha value is -4.60. The Morgan fingerprint density at radius 2 is 1.84 bits per heavy atom. The number of urea groups is 1. The van der Waals surface area contributed by atoms with Gasteiger partial charge in [-0.05, 0) is 67.1 Å². The van der Waals surface area contributed by atoms with Crippen LogP contribution in [0, 0.1) is 5.82 Å². The number of hydrogen-bond acceptors (Lipinski definition) is 5. The molecule has 3 amide bonds. The van der Waals surface area contributed by atoms with E-state index in [1.807, 2.05) is 36.4 Å². The summed E-state index contributed by atoms with van der Waals surface area (Å²) in [6, 6.07) is 17.7. The van der Waals surface area contributed by atoms with Gasteiger partial charge in [-0.25, -0.2) is 13.9 Å². The Morgan fingerprint density at radius 1 is 1.08 bits per heavy atom. The van der Waals surface area contributed by atoms with Crippen LogP contribution >= 0.6 is 0 Å². The molecule has 0 saturated heterocycles. The van der Waals surface area contributed by atoms with Gasteiger partial charge in [-0.15, -0.1) is 0 Å². The van der Waals surface area contributed by atoms with E-state index < -0.39 is 24.1 Å². The number of primary amides is 1. The number of methoxy groups -OCH3 is 1. The molecule has 37 heavy (non-hydrogen) atoms. The van der Waals surface area contributed by atoms with Crippen LogP contribution in [0.3, 0.4) is 0 Å². The molecule has 9 nitrogen and oxygen atoms in total. The van der Waals surface area contributed by atoms with E-state index in [-0.39, 0.29) is 19.8 Å². The predicted molar refractivity (Wildman–Crippen MR) is 139 cm³/mol. The molecule has 3 aromatic carbocycles. The summed E-state index contributed by atoms with van der Waals surface area (Å²) in [4.78, 5) is 23.2. The maximum Gasteiger partial charge on any atom is 0.312 e. The highest BCUT2D eigenvalue weighted by atomic mass is 19.1. The molecule has 0 fully saturated rings. The van der Waals surface area contributed by atoms with Crippen molar-refractivity contribution in [3.63, 3.8) is 0 Å². The number of carbonyl (C=O) groups excluding carboxylic acids is 2. The van der Waals surface area contributed by atoms with Gasteiger partial charge in [0.15, 0.2) is 0 Å². The van der Waals surface area contributed by atoms with Gasteiger partial charge in [-0.3, -0.25) is 4.79 Å². The van der Waals surface area contributed by atoms with Crippen molar-refractivity contribution >= 4 is 22.8 Å². The second kappa shape index (κ2) is 11.9. The largest absolute Gasteiger partial charge is 0.497 e. The van der Waals surface area contributed by atoms with Gasteiger partial charge in [0, 0.05) is 5.39 Å². The quantitative estimate of drug-likeness (QED) is 0.315. The fourth-order valence-electron chi connectivity index (χ4n) is 3.84. The molecule has 4 aromatic rings. The molecule has 2 atom stereocenters. The number of halogens is 1. The van der Waals surface area contributed by atoms with Gasteiger partial charge in [0.25, 0.3) is 0 Å². The number of nitrogens with one attached hydrogen (secondary N) is 2. The van der Waals surface area contributed by atoms with Gasteiger partial charge in [-0.2, -0.15) is 5.10 Å². The molecule has 0 spiro atoms. The zero-order chi connectivity index (χ0) is 25.7. The van der Waals surface area contributed by atoms with E-state index in [1.165, 1.54) is 12.1 Å². The summed E-state index contributed by atoms with van der Waals surface area (Å²) in [6.45, 7) is 1.55. The molecule has 194 valence electrons. The van der Waals surface area contributed by atoms with Crippen molar-refractivity contribution in [2.45, 2.75) is 26.5 Å². The first-order valence-corrected chi connectivity index (χ1v) is 11.2. The van der Waals surface area contributed by atoms with Crippen LogP contribution in [0.25, 0.3) is 16.6 Å². The normalized spacial score (nSPS) is 12.2. The first kappa shape index (κ1) is 27.0. The first-order chi connectivity index (χ1) is 17.3. The molecule has 0 saturated carbocycles. The van der Waals surface area contributed by atoms with Crippen molar-refractivity contribution in [2.75, 3.05) is 13.7 Å². The summed E-state index contributed by atoms with van der Waals surface area (Å²) in [7, 11) is 1.57. The number of fused-ring (bicyclic) bond motifs is 1. The molecule has 0 aliphatic rings. The second-order valence-electron chi connectivity index (χ2n) is 8.14. The molecule has 0 bridgehead atoms. The number of benzene rings is 3. The van der Waals surface area contributed by atoms with E-state index in [0.717, 1.165) is 22.2 Å². The predicted octanol–water partition coefficient (Wildman–Crippen LogP) is 4.10. The number of nitrogens with zero attached hydrogens (tertiary/aromatic N) is 2. The topological polar surface area (TPSA) is 120 Å². The van der Waals surface area contributed by atoms with Gasteiger partial charge in [-0.1, -0.05) is 19.6 Å². The molecule has 4 rings (SSSR count). The Morgan fingerprint density at radius 3 is 2.54 bits per heavy atom. The smallest absolute Gasteiger partial charge is 0.312 e. The maximum atomic E-state index is 13.3. The lowest BCUT2D eigenvalue weighted by Gasteiger charge is -2.27. The Balaban J connectivity index is 0.00000380. The van der Waals surface area contributed by atoms with Crippen LogP contribution in [0.1, 0.15) is 26.0 Å². The van der Waals surface area contributed by atoms with Crippen LogP contribution in [0.4, 0.5) is 9.18 Å². The fourth-order valence-corrected chi connectivity index (χ4v) is 3.84. The highest BCUT2D eigenvalue weighted by Gasteiger charge is 2.24. The Bertz CT molecular complexity index is 1370. The molecule has 10 heteroatoms. The minimum absolute atomic E-state index is 0. The average molecular weight is 508 g/mol. The van der Waals surface area contributed by atoms with Gasteiger partial charge in [0.2, 0.25) is 5.91 Å². The number of rotatable bonds is 9. The third-order valence-corrected chi connectivity index (χ3v) is 5.56. The van der Waals surface area contributed by atoms with Gasteiger partial charge >= 0.3 is 6.03 Å². The summed E-state index contributed by atoms with van der Waals surface area (Å²) in [6.07, 6.45) is 1.12. The van der Waals surface area contributed by atoms with Gasteiger partial charge in [0.05, 0.1) is 37.1 Å². The van der Waals surface area contributed by atoms with Crippen LogP contribution in [0.5, 0.6) is 11.5 Å². The third-order valence-electron chi connectivity index (χ3n) is 5.56. The van der Waals surface area contributed by atoms with Crippen LogP contribution in [0.15, 0.2) is 72.9 Å². The maximum absolute atomic E-state index is 13.3. The van der Waals surface area contributed by atoms with Gasteiger partial charge in [0.1, 0.15) is 23.4 Å². The van der Waals surface area contributed by atoms with E-state index in [1.54, 1.807) is 43.1 Å². The zero-order valence-corrected chi connectivity index (χ0v) is 19.8. The van der Waals surface area contributed by atoms with Crippen molar-refractivity contribution < 1.29 is 23.5 Å².